The fourth-order valence-electron chi connectivity index (χ4n) is 2.14. The van der Waals surface area contributed by atoms with Gasteiger partial charge < -0.3 is 14.8 Å². The van der Waals surface area contributed by atoms with Gasteiger partial charge >= 0.3 is 0 Å². The molecule has 1 N–H and O–H groups in total. The van der Waals surface area contributed by atoms with Crippen molar-refractivity contribution in [2.24, 2.45) is 7.05 Å². The van der Waals surface area contributed by atoms with E-state index in [-0.39, 0.29) is 0 Å². The van der Waals surface area contributed by atoms with Gasteiger partial charge in [-0.2, -0.15) is 0 Å². The van der Waals surface area contributed by atoms with Gasteiger partial charge in [0.1, 0.15) is 5.82 Å². The summed E-state index contributed by atoms with van der Waals surface area (Å²) in [5.74, 6) is 1.07. The summed E-state index contributed by atoms with van der Waals surface area (Å²) in [6.07, 6.45) is 3.82. The molecule has 0 amide bonds. The molecule has 2 rings (SSSR count). The van der Waals surface area contributed by atoms with Crippen LogP contribution in [0.1, 0.15) is 18.3 Å². The van der Waals surface area contributed by atoms with Gasteiger partial charge in [0.15, 0.2) is 0 Å². The normalized spacial score (nSPS) is 10.7. The van der Waals surface area contributed by atoms with Gasteiger partial charge in [0.2, 0.25) is 0 Å². The second-order valence-corrected chi connectivity index (χ2v) is 4.72. The van der Waals surface area contributed by atoms with E-state index in [9.17, 15) is 0 Å². The second kappa shape index (κ2) is 6.38. The number of nitrogens with zero attached hydrogens (tertiary/aromatic N) is 3. The molecule has 102 valence electrons. The van der Waals surface area contributed by atoms with Crippen LogP contribution in [0.3, 0.4) is 0 Å². The van der Waals surface area contributed by atoms with Crippen LogP contribution in [0.2, 0.25) is 0 Å². The van der Waals surface area contributed by atoms with Crippen LogP contribution in [0.4, 0.5) is 5.69 Å². The average molecular weight is 258 g/mol. The highest BCUT2D eigenvalue weighted by atomic mass is 15.2. The molecule has 0 bridgehead atoms. The van der Waals surface area contributed by atoms with Crippen LogP contribution in [0.5, 0.6) is 0 Å². The Morgan fingerprint density at radius 2 is 2.11 bits per heavy atom. The minimum atomic E-state index is 0.812. The van der Waals surface area contributed by atoms with Crippen molar-refractivity contribution in [3.05, 3.63) is 48.0 Å². The van der Waals surface area contributed by atoms with Crippen molar-refractivity contribution in [2.45, 2.75) is 20.0 Å². The molecule has 0 radical (unpaired) electrons. The third-order valence-corrected chi connectivity index (χ3v) is 3.27. The Labute approximate surface area is 115 Å². The number of nitrogens with one attached hydrogen (secondary N) is 1. The molecule has 1 aromatic heterocycles. The van der Waals surface area contributed by atoms with Gasteiger partial charge in [-0.25, -0.2) is 4.98 Å². The van der Waals surface area contributed by atoms with Crippen molar-refractivity contribution in [3.63, 3.8) is 0 Å². The highest BCUT2D eigenvalue weighted by molar-refractivity contribution is 5.53. The molecule has 0 spiro atoms. The number of hydrogen-bond acceptors (Lipinski definition) is 3. The van der Waals surface area contributed by atoms with Gasteiger partial charge in [0, 0.05) is 38.7 Å². The van der Waals surface area contributed by atoms with Gasteiger partial charge in [-0.1, -0.05) is 25.1 Å². The summed E-state index contributed by atoms with van der Waals surface area (Å²) in [4.78, 5) is 6.62. The van der Waals surface area contributed by atoms with Crippen molar-refractivity contribution in [2.75, 3.05) is 18.5 Å². The number of imidazole rings is 1. The lowest BCUT2D eigenvalue weighted by Gasteiger charge is -2.22. The summed E-state index contributed by atoms with van der Waals surface area (Å²) in [5, 5.41) is 3.38. The third-order valence-electron chi connectivity index (χ3n) is 3.27. The molecule has 4 heteroatoms. The van der Waals surface area contributed by atoms with Crippen LogP contribution in [0, 0.1) is 0 Å². The molecule has 2 aromatic rings. The van der Waals surface area contributed by atoms with E-state index in [1.807, 2.05) is 19.4 Å². The topological polar surface area (TPSA) is 33.1 Å². The molecule has 0 saturated carbocycles. The van der Waals surface area contributed by atoms with E-state index in [0.717, 1.165) is 25.5 Å². The maximum atomic E-state index is 4.38. The quantitative estimate of drug-likeness (QED) is 0.862. The number of rotatable bonds is 6. The SMILES string of the molecule is CCNCc1ccccc1N(C)Cc1nccn1C. The maximum absolute atomic E-state index is 4.38. The summed E-state index contributed by atoms with van der Waals surface area (Å²) >= 11 is 0. The van der Waals surface area contributed by atoms with Gasteiger partial charge in [-0.15, -0.1) is 0 Å². The van der Waals surface area contributed by atoms with E-state index >= 15 is 0 Å². The molecule has 0 aliphatic heterocycles. The predicted molar refractivity (Wildman–Crippen MR) is 79.1 cm³/mol. The Morgan fingerprint density at radius 3 is 2.79 bits per heavy atom. The first kappa shape index (κ1) is 13.6. The molecule has 19 heavy (non-hydrogen) atoms. The first-order chi connectivity index (χ1) is 9.22. The van der Waals surface area contributed by atoms with Crippen molar-refractivity contribution in [3.8, 4) is 0 Å². The number of aromatic nitrogens is 2. The van der Waals surface area contributed by atoms with Crippen LogP contribution >= 0.6 is 0 Å². The summed E-state index contributed by atoms with van der Waals surface area (Å²) in [7, 11) is 4.14. The van der Waals surface area contributed by atoms with Gasteiger partial charge in [0.05, 0.1) is 6.54 Å². The van der Waals surface area contributed by atoms with Gasteiger partial charge in [-0.3, -0.25) is 0 Å². The van der Waals surface area contributed by atoms with E-state index in [0.29, 0.717) is 0 Å². The van der Waals surface area contributed by atoms with Crippen LogP contribution < -0.4 is 10.2 Å². The average Bonchev–Trinajstić information content (AvgIpc) is 2.82. The molecule has 1 heterocycles. The van der Waals surface area contributed by atoms with Crippen molar-refractivity contribution < 1.29 is 0 Å². The fraction of sp³-hybridized carbons (Fsp3) is 0.400. The molecule has 0 aliphatic carbocycles. The molecular formula is C15H22N4. The highest BCUT2D eigenvalue weighted by Crippen LogP contribution is 2.20. The second-order valence-electron chi connectivity index (χ2n) is 4.72. The standard InChI is InChI=1S/C15H22N4/c1-4-16-11-13-7-5-6-8-14(13)19(3)12-15-17-9-10-18(15)2/h5-10,16H,4,11-12H2,1-3H3. The van der Waals surface area contributed by atoms with Crippen LogP contribution in [0.25, 0.3) is 0 Å². The first-order valence-electron chi connectivity index (χ1n) is 6.68. The molecule has 4 nitrogen and oxygen atoms in total. The lowest BCUT2D eigenvalue weighted by molar-refractivity contribution is 0.717. The predicted octanol–water partition coefficient (Wildman–Crippen LogP) is 2.17. The summed E-state index contributed by atoms with van der Waals surface area (Å²) < 4.78 is 2.06. The number of hydrogen-bond donors (Lipinski definition) is 1. The molecule has 1 aromatic carbocycles. The Morgan fingerprint density at radius 1 is 1.32 bits per heavy atom. The van der Waals surface area contributed by atoms with Crippen molar-refractivity contribution in [1.29, 1.82) is 0 Å². The first-order valence-corrected chi connectivity index (χ1v) is 6.68. The summed E-state index contributed by atoms with van der Waals surface area (Å²) in [6.45, 7) is 4.82. The Hall–Kier alpha value is -1.81. The molecule has 0 aliphatic rings. The van der Waals surface area contributed by atoms with E-state index < -0.39 is 0 Å². The van der Waals surface area contributed by atoms with Crippen molar-refractivity contribution in [1.82, 2.24) is 14.9 Å². The maximum Gasteiger partial charge on any atom is 0.127 e. The largest absolute Gasteiger partial charge is 0.367 e. The third kappa shape index (κ3) is 3.35. The monoisotopic (exact) mass is 258 g/mol. The minimum absolute atomic E-state index is 0.812. The van der Waals surface area contributed by atoms with Crippen LogP contribution in [0.15, 0.2) is 36.7 Å². The zero-order valence-corrected chi connectivity index (χ0v) is 11.9. The lowest BCUT2D eigenvalue weighted by Crippen LogP contribution is -2.22. The smallest absolute Gasteiger partial charge is 0.127 e. The number of para-hydroxylation sites is 1. The van der Waals surface area contributed by atoms with E-state index in [2.05, 4.69) is 58.0 Å². The Kier molecular flexibility index (Phi) is 4.58. The van der Waals surface area contributed by atoms with Crippen molar-refractivity contribution >= 4 is 5.69 Å². The zero-order chi connectivity index (χ0) is 13.7. The van der Waals surface area contributed by atoms with Crippen LogP contribution in [-0.4, -0.2) is 23.1 Å². The molecule has 0 unspecified atom stereocenters. The Balaban J connectivity index is 2.14. The lowest BCUT2D eigenvalue weighted by atomic mass is 10.1. The number of aryl methyl sites for hydroxylation is 1. The Bertz CT molecular complexity index is 518. The van der Waals surface area contributed by atoms with Gasteiger partial charge in [-0.05, 0) is 18.2 Å². The summed E-state index contributed by atoms with van der Waals surface area (Å²) in [5.41, 5.74) is 2.58. The molecule has 0 fully saturated rings. The highest BCUT2D eigenvalue weighted by Gasteiger charge is 2.09. The molecule has 0 atom stereocenters. The van der Waals surface area contributed by atoms with E-state index in [4.69, 9.17) is 0 Å². The number of benzene rings is 1. The number of anilines is 1. The van der Waals surface area contributed by atoms with Crippen LogP contribution in [-0.2, 0) is 20.1 Å². The summed E-state index contributed by atoms with van der Waals surface area (Å²) in [6, 6.07) is 8.51. The van der Waals surface area contributed by atoms with E-state index in [1.165, 1.54) is 11.3 Å². The fourth-order valence-corrected chi connectivity index (χ4v) is 2.14. The molecule has 0 saturated heterocycles. The van der Waals surface area contributed by atoms with Gasteiger partial charge in [0.25, 0.3) is 0 Å². The zero-order valence-electron chi connectivity index (χ0n) is 11.9. The van der Waals surface area contributed by atoms with E-state index in [1.54, 1.807) is 0 Å². The minimum Gasteiger partial charge on any atom is -0.367 e. The molecular weight excluding hydrogens is 236 g/mol.